The maximum absolute atomic E-state index is 10.9. The van der Waals surface area contributed by atoms with Crippen molar-refractivity contribution in [2.45, 2.75) is 0 Å². The van der Waals surface area contributed by atoms with Gasteiger partial charge in [-0.3, -0.25) is 4.52 Å². The van der Waals surface area contributed by atoms with Gasteiger partial charge in [-0.25, -0.2) is 9.45 Å². The van der Waals surface area contributed by atoms with E-state index in [1.165, 1.54) is 6.08 Å². The largest absolute Gasteiger partial charge is 0.451 e. The molecule has 0 saturated carbocycles. The van der Waals surface area contributed by atoms with Crippen LogP contribution in [0.2, 0.25) is 0 Å². The average Bonchev–Trinajstić information content (AvgIpc) is 2.01. The fraction of sp³-hybridized carbons (Fsp3) is 0.333. The maximum Gasteiger partial charge on any atom is 0.451 e. The van der Waals surface area contributed by atoms with Gasteiger partial charge in [0.1, 0.15) is 6.61 Å². The van der Waals surface area contributed by atoms with Crippen LogP contribution in [0.5, 0.6) is 0 Å². The van der Waals surface area contributed by atoms with E-state index in [9.17, 15) is 4.57 Å². The molecule has 0 rings (SSSR count). The molecule has 6 heteroatoms. The Balaban J connectivity index is 3.65. The van der Waals surface area contributed by atoms with E-state index in [0.29, 0.717) is 0 Å². The van der Waals surface area contributed by atoms with Crippen molar-refractivity contribution in [2.75, 3.05) is 13.2 Å². The summed E-state index contributed by atoms with van der Waals surface area (Å²) < 4.78 is 19.6. The standard InChI is InChI=1S/C6H8ClO4P/c1-3-5-9-11-12(7,8)10-6-4-2/h1,4H,2,5-6H2. The van der Waals surface area contributed by atoms with Crippen LogP contribution >= 0.6 is 18.2 Å². The van der Waals surface area contributed by atoms with E-state index in [1.54, 1.807) is 0 Å². The molecule has 4 nitrogen and oxygen atoms in total. The monoisotopic (exact) mass is 210 g/mol. The van der Waals surface area contributed by atoms with E-state index in [0.717, 1.165) is 0 Å². The van der Waals surface area contributed by atoms with Gasteiger partial charge in [-0.1, -0.05) is 12.0 Å². The number of hydrogen-bond acceptors (Lipinski definition) is 4. The van der Waals surface area contributed by atoms with Crippen molar-refractivity contribution in [3.63, 3.8) is 0 Å². The fourth-order valence-electron chi connectivity index (χ4n) is 0.287. The van der Waals surface area contributed by atoms with Crippen LogP contribution < -0.4 is 0 Å². The van der Waals surface area contributed by atoms with Crippen LogP contribution in [0, 0.1) is 12.3 Å². The summed E-state index contributed by atoms with van der Waals surface area (Å²) in [7, 11) is 0. The Morgan fingerprint density at radius 2 is 2.42 bits per heavy atom. The zero-order valence-corrected chi connectivity index (χ0v) is 7.88. The summed E-state index contributed by atoms with van der Waals surface area (Å²) in [6.45, 7) is -0.459. The summed E-state index contributed by atoms with van der Waals surface area (Å²) in [5, 5.41) is 0. The lowest BCUT2D eigenvalue weighted by atomic mass is 10.7. The van der Waals surface area contributed by atoms with E-state index in [-0.39, 0.29) is 13.2 Å². The number of terminal acetylenes is 1. The molecule has 0 bridgehead atoms. The predicted octanol–water partition coefficient (Wildman–Crippen LogP) is 2.12. The molecule has 1 unspecified atom stereocenters. The summed E-state index contributed by atoms with van der Waals surface area (Å²) >= 11 is 5.22. The molecule has 0 fully saturated rings. The quantitative estimate of drug-likeness (QED) is 0.168. The van der Waals surface area contributed by atoms with Gasteiger partial charge in [-0.15, -0.1) is 17.7 Å². The van der Waals surface area contributed by atoms with Gasteiger partial charge in [-0.05, 0) is 0 Å². The van der Waals surface area contributed by atoms with Gasteiger partial charge in [-0.2, -0.15) is 0 Å². The summed E-state index contributed by atoms with van der Waals surface area (Å²) in [6, 6.07) is 0. The van der Waals surface area contributed by atoms with Gasteiger partial charge in [0.15, 0.2) is 0 Å². The third-order valence-corrected chi connectivity index (χ3v) is 1.83. The highest BCUT2D eigenvalue weighted by molar-refractivity contribution is 7.81. The molecular weight excluding hydrogens is 202 g/mol. The van der Waals surface area contributed by atoms with Crippen molar-refractivity contribution < 1.29 is 18.7 Å². The lowest BCUT2D eigenvalue weighted by molar-refractivity contribution is -0.198. The van der Waals surface area contributed by atoms with Gasteiger partial charge < -0.3 is 0 Å². The van der Waals surface area contributed by atoms with Crippen LogP contribution in [0.15, 0.2) is 12.7 Å². The molecule has 0 aliphatic rings. The predicted molar refractivity (Wildman–Crippen MR) is 45.5 cm³/mol. The topological polar surface area (TPSA) is 44.8 Å². The molecule has 1 atom stereocenters. The first-order valence-electron chi connectivity index (χ1n) is 2.92. The van der Waals surface area contributed by atoms with Crippen molar-refractivity contribution in [3.8, 4) is 12.3 Å². The van der Waals surface area contributed by atoms with Crippen LogP contribution in [0.25, 0.3) is 0 Å². The Kier molecular flexibility index (Phi) is 6.09. The van der Waals surface area contributed by atoms with Crippen LogP contribution in [0.4, 0.5) is 0 Å². The second-order valence-electron chi connectivity index (χ2n) is 1.56. The van der Waals surface area contributed by atoms with Crippen molar-refractivity contribution in [2.24, 2.45) is 0 Å². The van der Waals surface area contributed by atoms with Crippen molar-refractivity contribution in [1.29, 1.82) is 0 Å². The Morgan fingerprint density at radius 1 is 1.75 bits per heavy atom. The van der Waals surface area contributed by atoms with Gasteiger partial charge in [0.05, 0.1) is 6.61 Å². The summed E-state index contributed by atoms with van der Waals surface area (Å²) in [4.78, 5) is 4.25. The molecule has 0 aromatic heterocycles. The minimum atomic E-state index is -3.66. The van der Waals surface area contributed by atoms with E-state index in [1.807, 2.05) is 0 Å². The minimum absolute atomic E-state index is 0.0141. The van der Waals surface area contributed by atoms with Gasteiger partial charge in [0, 0.05) is 11.2 Å². The molecule has 0 N–H and O–H groups in total. The smallest absolute Gasteiger partial charge is 0.291 e. The second-order valence-corrected chi connectivity index (χ2v) is 4.07. The molecule has 0 amide bonds. The van der Waals surface area contributed by atoms with E-state index in [2.05, 4.69) is 26.6 Å². The first-order valence-corrected chi connectivity index (χ1v) is 5.37. The summed E-state index contributed by atoms with van der Waals surface area (Å²) in [6.07, 6.45) is 6.19. The van der Waals surface area contributed by atoms with Crippen LogP contribution in [-0.2, 0) is 18.7 Å². The Hall–Kier alpha value is -0.300. The number of rotatable bonds is 6. The van der Waals surface area contributed by atoms with E-state index in [4.69, 9.17) is 17.7 Å². The highest BCUT2D eigenvalue weighted by Gasteiger charge is 2.21. The summed E-state index contributed by atoms with van der Waals surface area (Å²) in [5.74, 6) is 2.09. The highest BCUT2D eigenvalue weighted by Crippen LogP contribution is 2.53. The first kappa shape index (κ1) is 11.7. The zero-order valence-electron chi connectivity index (χ0n) is 6.23. The lowest BCUT2D eigenvalue weighted by Gasteiger charge is -2.07. The molecule has 68 valence electrons. The molecule has 0 aliphatic heterocycles. The highest BCUT2D eigenvalue weighted by atomic mass is 35.7. The second kappa shape index (κ2) is 6.24. The summed E-state index contributed by atoms with van der Waals surface area (Å²) in [5.41, 5.74) is 0. The number of halogens is 1. The third kappa shape index (κ3) is 6.41. The van der Waals surface area contributed by atoms with E-state index < -0.39 is 6.95 Å². The molecule has 0 aliphatic carbocycles. The molecule has 0 saturated heterocycles. The normalized spacial score (nSPS) is 14.7. The Bertz CT molecular complexity index is 222. The van der Waals surface area contributed by atoms with Gasteiger partial charge in [0.2, 0.25) is 0 Å². The number of hydrogen-bond donors (Lipinski definition) is 0. The third-order valence-electron chi connectivity index (χ3n) is 0.631. The SMILES string of the molecule is C#CCOOP(=O)(Cl)OCC=C. The molecule has 0 spiro atoms. The van der Waals surface area contributed by atoms with Crippen molar-refractivity contribution >= 4 is 18.2 Å². The molecular formula is C6H8ClO4P. The Labute approximate surface area is 75.7 Å². The van der Waals surface area contributed by atoms with Gasteiger partial charge in [0.25, 0.3) is 0 Å². The Morgan fingerprint density at radius 3 is 2.92 bits per heavy atom. The van der Waals surface area contributed by atoms with Crippen molar-refractivity contribution in [1.82, 2.24) is 0 Å². The molecule has 0 aromatic rings. The van der Waals surface area contributed by atoms with Crippen LogP contribution in [0.1, 0.15) is 0 Å². The van der Waals surface area contributed by atoms with Crippen LogP contribution in [-0.4, -0.2) is 13.2 Å². The lowest BCUT2D eigenvalue weighted by Crippen LogP contribution is -1.93. The van der Waals surface area contributed by atoms with Gasteiger partial charge >= 0.3 is 6.95 Å². The fourth-order valence-corrected chi connectivity index (χ4v) is 1.08. The molecule has 0 aromatic carbocycles. The molecule has 0 radical (unpaired) electrons. The van der Waals surface area contributed by atoms with E-state index >= 15 is 0 Å². The van der Waals surface area contributed by atoms with Crippen molar-refractivity contribution in [3.05, 3.63) is 12.7 Å². The molecule has 12 heavy (non-hydrogen) atoms. The first-order chi connectivity index (χ1) is 5.62. The molecule has 0 heterocycles. The van der Waals surface area contributed by atoms with Crippen LogP contribution in [0.3, 0.4) is 0 Å². The average molecular weight is 211 g/mol. The zero-order chi connectivity index (χ0) is 9.45. The minimum Gasteiger partial charge on any atom is -0.291 e. The maximum atomic E-state index is 10.9.